The van der Waals surface area contributed by atoms with Gasteiger partial charge in [-0.2, -0.15) is 5.26 Å². The van der Waals surface area contributed by atoms with Crippen molar-refractivity contribution in [3.63, 3.8) is 0 Å². The molecule has 0 saturated carbocycles. The molecule has 1 aliphatic carbocycles. The molecule has 0 bridgehead atoms. The molecule has 6 aromatic rings. The van der Waals surface area contributed by atoms with E-state index in [0.29, 0.717) is 5.92 Å². The Kier molecular flexibility index (Phi) is 5.38. The predicted octanol–water partition coefficient (Wildman–Crippen LogP) is 9.97. The summed E-state index contributed by atoms with van der Waals surface area (Å²) >= 11 is 0. The van der Waals surface area contributed by atoms with E-state index in [-0.39, 0.29) is 0 Å². The van der Waals surface area contributed by atoms with E-state index in [1.54, 1.807) is 0 Å². The first-order chi connectivity index (χ1) is 18.8. The summed E-state index contributed by atoms with van der Waals surface area (Å²) in [6.07, 6.45) is 6.99. The lowest BCUT2D eigenvalue weighted by molar-refractivity contribution is 0.849. The van der Waals surface area contributed by atoms with Crippen LogP contribution in [-0.4, -0.2) is 0 Å². The van der Waals surface area contributed by atoms with Gasteiger partial charge in [-0.3, -0.25) is 0 Å². The Hall–Kier alpha value is -4.93. The number of allylic oxidation sites excluding steroid dienone is 4. The standard InChI is InChI=1S/C37H25N/c38-24-25-16-18-26(19-17-25)27-20-22-29(23-21-27)36-32-11-3-5-13-34(32)37(35-14-6-4-12-33(35)36)31-15-7-9-28-8-1-2-10-30(28)31/h1-18,20-23,26H,19H2. The highest BCUT2D eigenvalue weighted by atomic mass is 14.3. The van der Waals surface area contributed by atoms with E-state index in [0.717, 1.165) is 12.0 Å². The number of rotatable bonds is 3. The van der Waals surface area contributed by atoms with Gasteiger partial charge in [0.05, 0.1) is 6.07 Å². The van der Waals surface area contributed by atoms with Gasteiger partial charge in [0.2, 0.25) is 0 Å². The molecule has 0 aliphatic heterocycles. The first-order valence-electron chi connectivity index (χ1n) is 13.1. The van der Waals surface area contributed by atoms with Crippen molar-refractivity contribution in [2.45, 2.75) is 12.3 Å². The molecule has 1 aliphatic rings. The largest absolute Gasteiger partial charge is 0.192 e. The van der Waals surface area contributed by atoms with Gasteiger partial charge in [0.1, 0.15) is 0 Å². The number of fused-ring (bicyclic) bond motifs is 3. The first kappa shape index (κ1) is 22.3. The van der Waals surface area contributed by atoms with Gasteiger partial charge in [-0.25, -0.2) is 0 Å². The maximum absolute atomic E-state index is 9.16. The highest BCUT2D eigenvalue weighted by Crippen LogP contribution is 2.45. The van der Waals surface area contributed by atoms with Crippen LogP contribution in [0.3, 0.4) is 0 Å². The molecule has 0 fully saturated rings. The summed E-state index contributed by atoms with van der Waals surface area (Å²) in [7, 11) is 0. The molecule has 7 rings (SSSR count). The third-order valence-corrected chi connectivity index (χ3v) is 7.85. The fraction of sp³-hybridized carbons (Fsp3) is 0.0541. The fourth-order valence-corrected chi connectivity index (χ4v) is 6.02. The lowest BCUT2D eigenvalue weighted by Gasteiger charge is -2.19. The van der Waals surface area contributed by atoms with Crippen molar-refractivity contribution in [1.82, 2.24) is 0 Å². The van der Waals surface area contributed by atoms with Gasteiger partial charge in [-0.15, -0.1) is 0 Å². The number of hydrogen-bond acceptors (Lipinski definition) is 1. The molecule has 0 radical (unpaired) electrons. The molecule has 0 N–H and O–H groups in total. The number of hydrogen-bond donors (Lipinski definition) is 0. The number of nitriles is 1. The Labute approximate surface area is 222 Å². The SMILES string of the molecule is N#CC1=CCC(c2ccc(-c3c4ccccc4c(-c4cccc5ccccc45)c4ccccc34)cc2)C=C1. The molecule has 0 spiro atoms. The van der Waals surface area contributed by atoms with E-state index in [1.807, 2.05) is 12.2 Å². The van der Waals surface area contributed by atoms with Gasteiger partial charge in [0, 0.05) is 11.5 Å². The van der Waals surface area contributed by atoms with Crippen molar-refractivity contribution in [1.29, 1.82) is 5.26 Å². The van der Waals surface area contributed by atoms with Gasteiger partial charge in [-0.05, 0) is 72.6 Å². The van der Waals surface area contributed by atoms with E-state index in [9.17, 15) is 0 Å². The third-order valence-electron chi connectivity index (χ3n) is 7.85. The maximum Gasteiger partial charge on any atom is 0.0988 e. The summed E-state index contributed by atoms with van der Waals surface area (Å²) in [5, 5.41) is 16.8. The monoisotopic (exact) mass is 483 g/mol. The summed E-state index contributed by atoms with van der Waals surface area (Å²) in [5.74, 6) is 0.309. The van der Waals surface area contributed by atoms with E-state index in [4.69, 9.17) is 5.26 Å². The summed E-state index contributed by atoms with van der Waals surface area (Å²) < 4.78 is 0. The zero-order valence-corrected chi connectivity index (χ0v) is 20.9. The van der Waals surface area contributed by atoms with Crippen LogP contribution >= 0.6 is 0 Å². The summed E-state index contributed by atoms with van der Waals surface area (Å²) in [5.41, 5.74) is 7.09. The van der Waals surface area contributed by atoms with Crippen LogP contribution in [0.5, 0.6) is 0 Å². The summed E-state index contributed by atoms with van der Waals surface area (Å²) in [4.78, 5) is 0. The van der Waals surface area contributed by atoms with Gasteiger partial charge in [-0.1, -0.05) is 127 Å². The van der Waals surface area contributed by atoms with Crippen molar-refractivity contribution in [2.75, 3.05) is 0 Å². The molecule has 38 heavy (non-hydrogen) atoms. The van der Waals surface area contributed by atoms with Gasteiger partial charge in [0.15, 0.2) is 0 Å². The minimum absolute atomic E-state index is 0.309. The second-order valence-electron chi connectivity index (χ2n) is 9.96. The van der Waals surface area contributed by atoms with Gasteiger partial charge >= 0.3 is 0 Å². The summed E-state index contributed by atoms with van der Waals surface area (Å²) in [6.45, 7) is 0. The smallest absolute Gasteiger partial charge is 0.0988 e. The van der Waals surface area contributed by atoms with E-state index >= 15 is 0 Å². The highest BCUT2D eigenvalue weighted by molar-refractivity contribution is 6.23. The lowest BCUT2D eigenvalue weighted by Crippen LogP contribution is -1.98. The Morgan fingerprint density at radius 3 is 1.76 bits per heavy atom. The van der Waals surface area contributed by atoms with E-state index in [1.165, 1.54) is 60.1 Å². The van der Waals surface area contributed by atoms with Crippen molar-refractivity contribution >= 4 is 32.3 Å². The second kappa shape index (κ2) is 9.18. The molecule has 0 aromatic heterocycles. The van der Waals surface area contributed by atoms with Crippen molar-refractivity contribution in [2.24, 2.45) is 0 Å². The van der Waals surface area contributed by atoms with Crippen LogP contribution in [0.25, 0.3) is 54.6 Å². The fourth-order valence-electron chi connectivity index (χ4n) is 6.02. The molecule has 1 unspecified atom stereocenters. The average molecular weight is 484 g/mol. The molecule has 0 saturated heterocycles. The highest BCUT2D eigenvalue weighted by Gasteiger charge is 2.18. The Morgan fingerprint density at radius 2 is 1.16 bits per heavy atom. The second-order valence-corrected chi connectivity index (χ2v) is 9.96. The summed E-state index contributed by atoms with van der Waals surface area (Å²) in [6, 6.07) is 44.2. The predicted molar refractivity (Wildman–Crippen MR) is 160 cm³/mol. The molecule has 0 heterocycles. The molecule has 178 valence electrons. The quantitative estimate of drug-likeness (QED) is 0.230. The Balaban J connectivity index is 1.45. The van der Waals surface area contributed by atoms with Crippen LogP contribution in [0.4, 0.5) is 0 Å². The molecular weight excluding hydrogens is 458 g/mol. The molecule has 0 amide bonds. The topological polar surface area (TPSA) is 23.8 Å². The Bertz CT molecular complexity index is 1890. The minimum Gasteiger partial charge on any atom is -0.192 e. The lowest BCUT2D eigenvalue weighted by atomic mass is 9.84. The molecule has 1 nitrogen and oxygen atoms in total. The normalized spacial score (nSPS) is 15.0. The van der Waals surface area contributed by atoms with Crippen LogP contribution < -0.4 is 0 Å². The number of benzene rings is 6. The molecular formula is C37H25N. The van der Waals surface area contributed by atoms with Gasteiger partial charge < -0.3 is 0 Å². The minimum atomic E-state index is 0.309. The number of nitrogens with zero attached hydrogens (tertiary/aromatic N) is 1. The molecule has 1 heteroatoms. The van der Waals surface area contributed by atoms with Crippen molar-refractivity contribution in [3.8, 4) is 28.3 Å². The van der Waals surface area contributed by atoms with Crippen molar-refractivity contribution < 1.29 is 0 Å². The van der Waals surface area contributed by atoms with Crippen LogP contribution in [0.15, 0.2) is 139 Å². The zero-order chi connectivity index (χ0) is 25.5. The Morgan fingerprint density at radius 1 is 0.579 bits per heavy atom. The first-order valence-corrected chi connectivity index (χ1v) is 13.1. The average Bonchev–Trinajstić information content (AvgIpc) is 3.00. The van der Waals surface area contributed by atoms with Crippen LogP contribution in [-0.2, 0) is 0 Å². The molecule has 6 aromatic carbocycles. The molecule has 1 atom stereocenters. The van der Waals surface area contributed by atoms with E-state index < -0.39 is 0 Å². The maximum atomic E-state index is 9.16. The zero-order valence-electron chi connectivity index (χ0n) is 20.9. The van der Waals surface area contributed by atoms with Crippen LogP contribution in [0.2, 0.25) is 0 Å². The van der Waals surface area contributed by atoms with E-state index in [2.05, 4.69) is 127 Å². The van der Waals surface area contributed by atoms with Crippen molar-refractivity contribution in [3.05, 3.63) is 145 Å². The van der Waals surface area contributed by atoms with Crippen LogP contribution in [0.1, 0.15) is 17.9 Å². The van der Waals surface area contributed by atoms with Crippen LogP contribution in [0, 0.1) is 11.3 Å². The third kappa shape index (κ3) is 3.62. The van der Waals surface area contributed by atoms with Gasteiger partial charge in [0.25, 0.3) is 0 Å².